The molecule has 0 atom stereocenters. The first-order valence-electron chi connectivity index (χ1n) is 10.2. The highest BCUT2D eigenvalue weighted by molar-refractivity contribution is 6.02. The lowest BCUT2D eigenvalue weighted by atomic mass is 9.97. The Balaban J connectivity index is 1.86. The van der Waals surface area contributed by atoms with Gasteiger partial charge in [-0.2, -0.15) is 0 Å². The summed E-state index contributed by atoms with van der Waals surface area (Å²) in [5.74, 6) is 1.17. The number of rotatable bonds is 7. The van der Waals surface area contributed by atoms with Crippen molar-refractivity contribution in [1.29, 1.82) is 0 Å². The number of aromatic hydroxyl groups is 1. The van der Waals surface area contributed by atoms with Crippen molar-refractivity contribution in [3.63, 3.8) is 0 Å². The van der Waals surface area contributed by atoms with Gasteiger partial charge in [0.2, 0.25) is 6.79 Å². The number of aromatic nitrogens is 1. The van der Waals surface area contributed by atoms with Crippen LogP contribution in [0.15, 0.2) is 42.5 Å². The molecule has 30 heavy (non-hydrogen) atoms. The number of nitrogens with zero attached hydrogens (tertiary/aromatic N) is 1. The number of carbonyl (C=O) groups is 1. The summed E-state index contributed by atoms with van der Waals surface area (Å²) in [4.78, 5) is 12.5. The maximum atomic E-state index is 12.5. The topological polar surface area (TPSA) is 86.7 Å². The Morgan fingerprint density at radius 3 is 2.70 bits per heavy atom. The van der Waals surface area contributed by atoms with E-state index in [0.717, 1.165) is 58.8 Å². The molecule has 0 unspecified atom stereocenters. The number of ether oxygens (including phenoxy) is 2. The molecule has 156 valence electrons. The van der Waals surface area contributed by atoms with Crippen LogP contribution < -0.4 is 15.2 Å². The Bertz CT molecular complexity index is 1100. The first kappa shape index (κ1) is 19.9. The smallest absolute Gasteiger partial charge is 0.251 e. The molecule has 6 nitrogen and oxygen atoms in total. The number of phenols is 1. The minimum atomic E-state index is -0.465. The molecule has 1 amide bonds. The van der Waals surface area contributed by atoms with E-state index < -0.39 is 5.91 Å². The summed E-state index contributed by atoms with van der Waals surface area (Å²) < 4.78 is 13.1. The van der Waals surface area contributed by atoms with Gasteiger partial charge in [-0.3, -0.25) is 4.79 Å². The normalized spacial score (nSPS) is 12.3. The Labute approximate surface area is 175 Å². The van der Waals surface area contributed by atoms with E-state index in [9.17, 15) is 9.90 Å². The Hall–Kier alpha value is -3.41. The van der Waals surface area contributed by atoms with Gasteiger partial charge in [-0.05, 0) is 55.2 Å². The highest BCUT2D eigenvalue weighted by atomic mass is 16.7. The fourth-order valence-electron chi connectivity index (χ4n) is 4.11. The molecule has 0 saturated carbocycles. The van der Waals surface area contributed by atoms with Gasteiger partial charge < -0.3 is 24.9 Å². The van der Waals surface area contributed by atoms with Crippen molar-refractivity contribution >= 4 is 5.91 Å². The third kappa shape index (κ3) is 3.61. The molecular weight excluding hydrogens is 380 g/mol. The molecule has 2 aromatic carbocycles. The third-order valence-electron chi connectivity index (χ3n) is 5.56. The van der Waals surface area contributed by atoms with Crippen LogP contribution in [-0.4, -0.2) is 22.4 Å². The first-order chi connectivity index (χ1) is 14.5. The van der Waals surface area contributed by atoms with Crippen molar-refractivity contribution in [2.24, 2.45) is 5.73 Å². The van der Waals surface area contributed by atoms with Gasteiger partial charge in [0.05, 0.1) is 5.56 Å². The van der Waals surface area contributed by atoms with E-state index in [1.165, 1.54) is 0 Å². The molecule has 1 aliphatic heterocycles. The standard InChI is InChI=1S/C24H26N2O4/c1-3-4-8-19-23(17-6-5-7-18(27)12-17)22(24(25)28)15(2)26(19)13-16-9-10-20-21(11-16)30-14-29-20/h5-7,9-12,27H,3-4,8,13-14H2,1-2H3,(H2,25,28). The van der Waals surface area contributed by atoms with Gasteiger partial charge in [-0.15, -0.1) is 0 Å². The van der Waals surface area contributed by atoms with E-state index in [-0.39, 0.29) is 12.5 Å². The summed E-state index contributed by atoms with van der Waals surface area (Å²) in [6.07, 6.45) is 2.81. The van der Waals surface area contributed by atoms with Crippen LogP contribution in [-0.2, 0) is 13.0 Å². The third-order valence-corrected chi connectivity index (χ3v) is 5.56. The SMILES string of the molecule is CCCCc1c(-c2cccc(O)c2)c(C(N)=O)c(C)n1Cc1ccc2c(c1)OCO2. The van der Waals surface area contributed by atoms with Crippen LogP contribution in [0.3, 0.4) is 0 Å². The van der Waals surface area contributed by atoms with E-state index in [2.05, 4.69) is 11.5 Å². The minimum absolute atomic E-state index is 0.158. The lowest BCUT2D eigenvalue weighted by molar-refractivity contribution is 0.1000. The predicted octanol–water partition coefficient (Wildman–Crippen LogP) is 4.39. The van der Waals surface area contributed by atoms with Crippen molar-refractivity contribution in [3.05, 3.63) is 65.0 Å². The zero-order valence-electron chi connectivity index (χ0n) is 17.3. The summed E-state index contributed by atoms with van der Waals surface area (Å²) in [5.41, 5.74) is 10.8. The van der Waals surface area contributed by atoms with E-state index in [4.69, 9.17) is 15.2 Å². The largest absolute Gasteiger partial charge is 0.508 e. The molecule has 6 heteroatoms. The Morgan fingerprint density at radius 2 is 1.97 bits per heavy atom. The van der Waals surface area contributed by atoms with E-state index in [1.807, 2.05) is 31.2 Å². The summed E-state index contributed by atoms with van der Waals surface area (Å²) in [5, 5.41) is 10.0. The van der Waals surface area contributed by atoms with E-state index in [0.29, 0.717) is 12.1 Å². The van der Waals surface area contributed by atoms with Gasteiger partial charge in [-0.25, -0.2) is 0 Å². The fourth-order valence-corrected chi connectivity index (χ4v) is 4.11. The van der Waals surface area contributed by atoms with Crippen molar-refractivity contribution < 1.29 is 19.4 Å². The van der Waals surface area contributed by atoms with Crippen LogP contribution in [0.1, 0.15) is 47.1 Å². The number of carbonyl (C=O) groups excluding carboxylic acids is 1. The number of amides is 1. The Kier molecular flexibility index (Phi) is 5.40. The quantitative estimate of drug-likeness (QED) is 0.609. The fraction of sp³-hybridized carbons (Fsp3) is 0.292. The molecule has 4 rings (SSSR count). The average Bonchev–Trinajstić information content (AvgIpc) is 3.29. The highest BCUT2D eigenvalue weighted by Gasteiger charge is 2.25. The van der Waals surface area contributed by atoms with Crippen LogP contribution in [0.2, 0.25) is 0 Å². The van der Waals surface area contributed by atoms with Gasteiger partial charge in [0.15, 0.2) is 11.5 Å². The number of fused-ring (bicyclic) bond motifs is 1. The maximum absolute atomic E-state index is 12.5. The summed E-state index contributed by atoms with van der Waals surface area (Å²) in [6.45, 7) is 4.88. The summed E-state index contributed by atoms with van der Waals surface area (Å²) >= 11 is 0. The van der Waals surface area contributed by atoms with Crippen LogP contribution in [0.4, 0.5) is 0 Å². The van der Waals surface area contributed by atoms with Crippen LogP contribution in [0, 0.1) is 6.92 Å². The molecule has 1 aromatic heterocycles. The molecule has 0 aliphatic carbocycles. The zero-order valence-corrected chi connectivity index (χ0v) is 17.3. The van der Waals surface area contributed by atoms with Gasteiger partial charge in [0, 0.05) is 23.5 Å². The van der Waals surface area contributed by atoms with Crippen molar-refractivity contribution in [2.75, 3.05) is 6.79 Å². The van der Waals surface area contributed by atoms with E-state index >= 15 is 0 Å². The number of unbranched alkanes of at least 4 members (excludes halogenated alkanes) is 1. The van der Waals surface area contributed by atoms with Crippen LogP contribution in [0.5, 0.6) is 17.2 Å². The Morgan fingerprint density at radius 1 is 1.17 bits per heavy atom. The van der Waals surface area contributed by atoms with Crippen molar-refractivity contribution in [2.45, 2.75) is 39.7 Å². The van der Waals surface area contributed by atoms with Gasteiger partial charge in [0.25, 0.3) is 5.91 Å². The number of hydrogen-bond acceptors (Lipinski definition) is 4. The summed E-state index contributed by atoms with van der Waals surface area (Å²) in [6, 6.07) is 12.9. The predicted molar refractivity (Wildman–Crippen MR) is 115 cm³/mol. The second kappa shape index (κ2) is 8.14. The molecule has 1 aliphatic rings. The molecule has 3 aromatic rings. The molecule has 0 radical (unpaired) electrons. The number of nitrogens with two attached hydrogens (primary N) is 1. The molecule has 0 bridgehead atoms. The number of primary amides is 1. The average molecular weight is 406 g/mol. The van der Waals surface area contributed by atoms with Crippen LogP contribution >= 0.6 is 0 Å². The van der Waals surface area contributed by atoms with Crippen molar-refractivity contribution in [3.8, 4) is 28.4 Å². The highest BCUT2D eigenvalue weighted by Crippen LogP contribution is 2.37. The lowest BCUT2D eigenvalue weighted by Crippen LogP contribution is -2.13. The minimum Gasteiger partial charge on any atom is -0.508 e. The zero-order chi connectivity index (χ0) is 21.3. The number of phenolic OH excluding ortho intramolecular Hbond substituents is 1. The van der Waals surface area contributed by atoms with Gasteiger partial charge in [0.1, 0.15) is 5.75 Å². The van der Waals surface area contributed by atoms with E-state index in [1.54, 1.807) is 18.2 Å². The molecule has 0 saturated heterocycles. The van der Waals surface area contributed by atoms with Gasteiger partial charge >= 0.3 is 0 Å². The molecule has 0 spiro atoms. The molecule has 2 heterocycles. The first-order valence-corrected chi connectivity index (χ1v) is 10.2. The van der Waals surface area contributed by atoms with Crippen LogP contribution in [0.25, 0.3) is 11.1 Å². The van der Waals surface area contributed by atoms with Crippen molar-refractivity contribution in [1.82, 2.24) is 4.57 Å². The lowest BCUT2D eigenvalue weighted by Gasteiger charge is -2.14. The second-order valence-electron chi connectivity index (χ2n) is 7.57. The summed E-state index contributed by atoms with van der Waals surface area (Å²) in [7, 11) is 0. The number of hydrogen-bond donors (Lipinski definition) is 2. The number of benzene rings is 2. The molecule has 0 fully saturated rings. The molecular formula is C24H26N2O4. The monoisotopic (exact) mass is 406 g/mol. The second-order valence-corrected chi connectivity index (χ2v) is 7.57. The molecule has 3 N–H and O–H groups in total. The maximum Gasteiger partial charge on any atom is 0.251 e. The van der Waals surface area contributed by atoms with Gasteiger partial charge in [-0.1, -0.05) is 31.5 Å².